The zero-order chi connectivity index (χ0) is 23.0. The second kappa shape index (κ2) is 8.43. The number of urea groups is 1. The normalized spacial score (nSPS) is 16.4. The van der Waals surface area contributed by atoms with Crippen LogP contribution in [-0.2, 0) is 12.7 Å². The third-order valence-electron chi connectivity index (χ3n) is 5.68. The molecule has 5 rings (SSSR count). The van der Waals surface area contributed by atoms with Crippen LogP contribution in [0.4, 0.5) is 23.7 Å². The van der Waals surface area contributed by atoms with E-state index in [0.29, 0.717) is 49.9 Å². The lowest BCUT2D eigenvalue weighted by Crippen LogP contribution is -2.50. The number of carbonyl (C=O) groups is 1. The van der Waals surface area contributed by atoms with Gasteiger partial charge in [-0.3, -0.25) is 4.90 Å². The third-order valence-corrected chi connectivity index (χ3v) is 5.68. The first kappa shape index (κ1) is 21.3. The Morgan fingerprint density at radius 1 is 1.06 bits per heavy atom. The van der Waals surface area contributed by atoms with Crippen LogP contribution in [0.5, 0.6) is 11.5 Å². The third kappa shape index (κ3) is 4.38. The molecule has 0 spiro atoms. The summed E-state index contributed by atoms with van der Waals surface area (Å²) in [6.07, 6.45) is -3.11. The van der Waals surface area contributed by atoms with E-state index in [-0.39, 0.29) is 30.5 Å². The molecule has 1 saturated heterocycles. The monoisotopic (exact) mass is 462 g/mol. The lowest BCUT2D eigenvalue weighted by atomic mass is 10.2. The molecule has 33 heavy (non-hydrogen) atoms. The first-order valence-electron chi connectivity index (χ1n) is 10.4. The average molecular weight is 462 g/mol. The average Bonchev–Trinajstić information content (AvgIpc) is 3.42. The van der Waals surface area contributed by atoms with Crippen LogP contribution in [0.15, 0.2) is 36.5 Å². The minimum absolute atomic E-state index is 0.103. The van der Waals surface area contributed by atoms with Gasteiger partial charge in [-0.2, -0.15) is 13.2 Å². The molecule has 1 N–H and O–H groups in total. The van der Waals surface area contributed by atoms with Gasteiger partial charge in [0.2, 0.25) is 12.6 Å². The van der Waals surface area contributed by atoms with Crippen LogP contribution in [-0.4, -0.2) is 69.9 Å². The maximum absolute atomic E-state index is 13.5. The number of hydrogen-bond acceptors (Lipinski definition) is 6. The molecule has 9 nitrogen and oxygen atoms in total. The Labute approximate surface area is 186 Å². The van der Waals surface area contributed by atoms with Gasteiger partial charge < -0.3 is 24.3 Å². The van der Waals surface area contributed by atoms with Crippen LogP contribution in [0.3, 0.4) is 0 Å². The van der Waals surface area contributed by atoms with Gasteiger partial charge in [0, 0.05) is 57.2 Å². The fourth-order valence-corrected chi connectivity index (χ4v) is 3.98. The number of halogens is 3. The number of hydrogen-bond donors (Lipinski definition) is 1. The van der Waals surface area contributed by atoms with Gasteiger partial charge in [-0.25, -0.2) is 14.8 Å². The number of nitrogens with zero attached hydrogens (tertiary/aromatic N) is 5. The van der Waals surface area contributed by atoms with Crippen molar-refractivity contribution in [2.45, 2.75) is 12.7 Å². The van der Waals surface area contributed by atoms with Crippen molar-refractivity contribution >= 4 is 22.9 Å². The number of anilines is 1. The number of rotatable bonds is 4. The van der Waals surface area contributed by atoms with Gasteiger partial charge in [-0.05, 0) is 24.3 Å². The van der Waals surface area contributed by atoms with Gasteiger partial charge in [-0.15, -0.1) is 0 Å². The minimum Gasteiger partial charge on any atom is -0.454 e. The van der Waals surface area contributed by atoms with Gasteiger partial charge in [-0.1, -0.05) is 0 Å². The zero-order valence-electron chi connectivity index (χ0n) is 17.5. The molecule has 2 aliphatic heterocycles. The van der Waals surface area contributed by atoms with Crippen LogP contribution < -0.4 is 14.8 Å². The maximum atomic E-state index is 13.5. The number of benzene rings is 1. The predicted octanol–water partition coefficient (Wildman–Crippen LogP) is 3.03. The molecule has 3 aromatic rings. The Morgan fingerprint density at radius 3 is 2.64 bits per heavy atom. The van der Waals surface area contributed by atoms with E-state index in [1.807, 2.05) is 4.90 Å². The Bertz CT molecular complexity index is 1170. The molecule has 0 aliphatic carbocycles. The number of pyridine rings is 1. The highest BCUT2D eigenvalue weighted by molar-refractivity contribution is 5.89. The Hall–Kier alpha value is -3.54. The van der Waals surface area contributed by atoms with Crippen molar-refractivity contribution in [3.05, 3.63) is 42.4 Å². The number of carbonyl (C=O) groups excluding carboxylic acids is 1. The van der Waals surface area contributed by atoms with Crippen molar-refractivity contribution in [2.75, 3.05) is 44.8 Å². The van der Waals surface area contributed by atoms with Crippen molar-refractivity contribution in [3.8, 4) is 11.5 Å². The number of aromatic nitrogens is 3. The first-order valence-corrected chi connectivity index (χ1v) is 10.4. The second-order valence-corrected chi connectivity index (χ2v) is 7.76. The summed E-state index contributed by atoms with van der Waals surface area (Å²) in [4.78, 5) is 24.1. The molecule has 4 heterocycles. The number of piperazine rings is 1. The lowest BCUT2D eigenvalue weighted by molar-refractivity contribution is -0.147. The Balaban J connectivity index is 1.17. The quantitative estimate of drug-likeness (QED) is 0.642. The highest BCUT2D eigenvalue weighted by Gasteiger charge is 2.38. The van der Waals surface area contributed by atoms with Crippen molar-refractivity contribution in [2.24, 2.45) is 0 Å². The van der Waals surface area contributed by atoms with Gasteiger partial charge in [0.1, 0.15) is 5.52 Å². The van der Waals surface area contributed by atoms with E-state index < -0.39 is 12.0 Å². The van der Waals surface area contributed by atoms with Crippen LogP contribution in [0.2, 0.25) is 0 Å². The van der Waals surface area contributed by atoms with Crippen molar-refractivity contribution < 1.29 is 27.4 Å². The summed E-state index contributed by atoms with van der Waals surface area (Å²) in [6, 6.07) is 8.03. The number of fused-ring (bicyclic) bond motifs is 2. The van der Waals surface area contributed by atoms with Crippen LogP contribution in [0, 0.1) is 0 Å². The van der Waals surface area contributed by atoms with Gasteiger partial charge in [0.15, 0.2) is 17.1 Å². The zero-order valence-corrected chi connectivity index (χ0v) is 17.5. The molecular formula is C21H21F3N6O3. The van der Waals surface area contributed by atoms with E-state index in [9.17, 15) is 18.0 Å². The molecule has 0 unspecified atom stereocenters. The van der Waals surface area contributed by atoms with E-state index >= 15 is 0 Å². The van der Waals surface area contributed by atoms with E-state index in [4.69, 9.17) is 9.47 Å². The van der Waals surface area contributed by atoms with Gasteiger partial charge in [0.05, 0.1) is 0 Å². The number of amides is 2. The SMILES string of the molecule is O=C(Nc1ccc2c(c1)OCO2)N1CCN(CCn2c(C(F)(F)F)nc3cccnc32)CC1. The minimum atomic E-state index is -4.56. The maximum Gasteiger partial charge on any atom is 0.449 e. The number of alkyl halides is 3. The highest BCUT2D eigenvalue weighted by atomic mass is 19.4. The molecule has 12 heteroatoms. The largest absolute Gasteiger partial charge is 0.454 e. The van der Waals surface area contributed by atoms with E-state index in [0.717, 1.165) is 4.57 Å². The summed E-state index contributed by atoms with van der Waals surface area (Å²) in [5.41, 5.74) is 1.03. The van der Waals surface area contributed by atoms with E-state index in [1.54, 1.807) is 29.2 Å². The number of ether oxygens (including phenoxy) is 2. The standard InChI is InChI=1S/C21H21F3N6O3/c22-21(23,24)19-27-15-2-1-5-25-18(15)30(19)11-8-28-6-9-29(10-7-28)20(31)26-14-3-4-16-17(12-14)33-13-32-16/h1-5,12H,6-11,13H2,(H,26,31). The van der Waals surface area contributed by atoms with E-state index in [2.05, 4.69) is 15.3 Å². The molecule has 0 bridgehead atoms. The molecule has 0 radical (unpaired) electrons. The lowest BCUT2D eigenvalue weighted by Gasteiger charge is -2.34. The summed E-state index contributed by atoms with van der Waals surface area (Å²) < 4.78 is 52.1. The highest BCUT2D eigenvalue weighted by Crippen LogP contribution is 2.34. The molecular weight excluding hydrogens is 441 g/mol. The smallest absolute Gasteiger partial charge is 0.449 e. The summed E-state index contributed by atoms with van der Waals surface area (Å²) in [5, 5.41) is 2.84. The van der Waals surface area contributed by atoms with Crippen LogP contribution in [0.1, 0.15) is 5.82 Å². The van der Waals surface area contributed by atoms with E-state index in [1.165, 1.54) is 12.3 Å². The van der Waals surface area contributed by atoms with Gasteiger partial charge in [0.25, 0.3) is 0 Å². The first-order chi connectivity index (χ1) is 15.9. The molecule has 1 aromatic carbocycles. The van der Waals surface area contributed by atoms with Crippen LogP contribution >= 0.6 is 0 Å². The van der Waals surface area contributed by atoms with Crippen molar-refractivity contribution in [1.82, 2.24) is 24.3 Å². The van der Waals surface area contributed by atoms with Gasteiger partial charge >= 0.3 is 12.2 Å². The topological polar surface area (TPSA) is 84.8 Å². The molecule has 2 aliphatic rings. The Kier molecular flexibility index (Phi) is 5.44. The number of imidazole rings is 1. The van der Waals surface area contributed by atoms with Crippen molar-refractivity contribution in [3.63, 3.8) is 0 Å². The fraction of sp³-hybridized carbons (Fsp3) is 0.381. The number of nitrogens with one attached hydrogen (secondary N) is 1. The molecule has 0 atom stereocenters. The molecule has 0 saturated carbocycles. The summed E-state index contributed by atoms with van der Waals surface area (Å²) in [5.74, 6) is 0.270. The molecule has 2 aromatic heterocycles. The predicted molar refractivity (Wildman–Crippen MR) is 112 cm³/mol. The fourth-order valence-electron chi connectivity index (χ4n) is 3.98. The molecule has 1 fully saturated rings. The second-order valence-electron chi connectivity index (χ2n) is 7.76. The molecule has 174 valence electrons. The van der Waals surface area contributed by atoms with Crippen LogP contribution in [0.25, 0.3) is 11.2 Å². The summed E-state index contributed by atoms with van der Waals surface area (Å²) in [6.45, 7) is 2.68. The molecule has 2 amide bonds. The Morgan fingerprint density at radius 2 is 1.85 bits per heavy atom. The summed E-state index contributed by atoms with van der Waals surface area (Å²) in [7, 11) is 0. The summed E-state index contributed by atoms with van der Waals surface area (Å²) >= 11 is 0. The van der Waals surface area contributed by atoms with Crippen molar-refractivity contribution in [1.29, 1.82) is 0 Å².